The predicted octanol–water partition coefficient (Wildman–Crippen LogP) is 2.14. The van der Waals surface area contributed by atoms with E-state index in [0.717, 1.165) is 17.1 Å². The number of aryl methyl sites for hydroxylation is 1. The fraction of sp³-hybridized carbons (Fsp3) is 0.182. The van der Waals surface area contributed by atoms with Gasteiger partial charge in [0.2, 0.25) is 4.77 Å². The molecule has 2 aromatic rings. The van der Waals surface area contributed by atoms with Gasteiger partial charge in [-0.2, -0.15) is 14.9 Å². The minimum atomic E-state index is 0.479. The Balaban J connectivity index is 2.23. The third-order valence-electron chi connectivity index (χ3n) is 2.25. The molecule has 1 heterocycles. The van der Waals surface area contributed by atoms with Gasteiger partial charge in [-0.05, 0) is 49.0 Å². The summed E-state index contributed by atoms with van der Waals surface area (Å²) in [7, 11) is 1.64. The monoisotopic (exact) mass is 248 g/mol. The van der Waals surface area contributed by atoms with E-state index in [0.29, 0.717) is 4.77 Å². The van der Waals surface area contributed by atoms with Crippen LogP contribution in [-0.2, 0) is 0 Å². The summed E-state index contributed by atoms with van der Waals surface area (Å²) >= 11 is 5.04. The van der Waals surface area contributed by atoms with E-state index in [1.54, 1.807) is 18.0 Å². The van der Waals surface area contributed by atoms with Crippen LogP contribution in [0.3, 0.4) is 0 Å². The number of benzene rings is 1. The van der Waals surface area contributed by atoms with Crippen LogP contribution in [-0.4, -0.2) is 28.2 Å². The Morgan fingerprint density at radius 3 is 2.65 bits per heavy atom. The van der Waals surface area contributed by atoms with Gasteiger partial charge in [-0.15, -0.1) is 0 Å². The van der Waals surface area contributed by atoms with Crippen molar-refractivity contribution < 1.29 is 4.74 Å². The molecule has 6 heteroatoms. The Hall–Kier alpha value is -1.95. The first-order valence-electron chi connectivity index (χ1n) is 5.03. The van der Waals surface area contributed by atoms with Gasteiger partial charge < -0.3 is 4.74 Å². The molecule has 0 unspecified atom stereocenters. The lowest BCUT2D eigenvalue weighted by Crippen LogP contribution is -1.93. The molecule has 88 valence electrons. The van der Waals surface area contributed by atoms with Gasteiger partial charge in [-0.3, -0.25) is 5.10 Å². The molecule has 0 saturated carbocycles. The normalized spacial score (nSPS) is 10.9. The Morgan fingerprint density at radius 2 is 2.12 bits per heavy atom. The topological polar surface area (TPSA) is 55.2 Å². The smallest absolute Gasteiger partial charge is 0.216 e. The number of hydrogen-bond acceptors (Lipinski definition) is 4. The molecule has 1 N–H and O–H groups in total. The zero-order valence-corrected chi connectivity index (χ0v) is 10.4. The van der Waals surface area contributed by atoms with Gasteiger partial charge in [-0.25, -0.2) is 0 Å². The summed E-state index contributed by atoms with van der Waals surface area (Å²) in [5.41, 5.74) is 0.966. The largest absolute Gasteiger partial charge is 0.497 e. The number of aromatic amines is 1. The minimum absolute atomic E-state index is 0.479. The number of H-pyrrole nitrogens is 1. The van der Waals surface area contributed by atoms with Crippen LogP contribution in [0.4, 0.5) is 0 Å². The quantitative estimate of drug-likeness (QED) is 0.668. The average Bonchev–Trinajstić information content (AvgIpc) is 2.67. The second kappa shape index (κ2) is 4.92. The van der Waals surface area contributed by atoms with E-state index in [-0.39, 0.29) is 0 Å². The van der Waals surface area contributed by atoms with Gasteiger partial charge in [0.25, 0.3) is 0 Å². The maximum atomic E-state index is 5.08. The molecule has 0 bridgehead atoms. The van der Waals surface area contributed by atoms with Crippen molar-refractivity contribution in [2.75, 3.05) is 7.11 Å². The van der Waals surface area contributed by atoms with E-state index < -0.39 is 0 Å². The second-order valence-electron chi connectivity index (χ2n) is 3.41. The van der Waals surface area contributed by atoms with Crippen molar-refractivity contribution in [1.82, 2.24) is 14.9 Å². The first kappa shape index (κ1) is 11.5. The number of hydrogen-bond donors (Lipinski definition) is 1. The van der Waals surface area contributed by atoms with E-state index >= 15 is 0 Å². The molecular weight excluding hydrogens is 236 g/mol. The molecule has 0 radical (unpaired) electrons. The van der Waals surface area contributed by atoms with E-state index in [4.69, 9.17) is 17.0 Å². The Kier molecular flexibility index (Phi) is 3.34. The van der Waals surface area contributed by atoms with Gasteiger partial charge in [0.05, 0.1) is 13.3 Å². The number of aromatic nitrogens is 3. The van der Waals surface area contributed by atoms with Crippen molar-refractivity contribution in [1.29, 1.82) is 0 Å². The molecule has 0 atom stereocenters. The highest BCUT2D eigenvalue weighted by atomic mass is 32.1. The van der Waals surface area contributed by atoms with Crippen molar-refractivity contribution in [3.05, 3.63) is 40.4 Å². The minimum Gasteiger partial charge on any atom is -0.497 e. The molecule has 0 aliphatic heterocycles. The molecule has 0 aliphatic carbocycles. The van der Waals surface area contributed by atoms with E-state index in [2.05, 4.69) is 15.3 Å². The van der Waals surface area contributed by atoms with Crippen LogP contribution in [0.5, 0.6) is 5.75 Å². The molecule has 0 saturated heterocycles. The summed E-state index contributed by atoms with van der Waals surface area (Å²) in [6, 6.07) is 7.59. The van der Waals surface area contributed by atoms with Crippen LogP contribution in [0.15, 0.2) is 29.4 Å². The lowest BCUT2D eigenvalue weighted by molar-refractivity contribution is 0.415. The summed E-state index contributed by atoms with van der Waals surface area (Å²) in [6.45, 7) is 1.83. The number of methoxy groups -OCH3 is 1. The fourth-order valence-electron chi connectivity index (χ4n) is 1.32. The third kappa shape index (κ3) is 2.59. The van der Waals surface area contributed by atoms with Crippen molar-refractivity contribution in [3.8, 4) is 5.75 Å². The van der Waals surface area contributed by atoms with Gasteiger partial charge in [0.1, 0.15) is 11.6 Å². The SMILES string of the molecule is COc1ccc(C=Nn2c(C)n[nH]c2=S)cc1. The van der Waals surface area contributed by atoms with Crippen LogP contribution in [0.25, 0.3) is 0 Å². The standard InChI is InChI=1S/C11H12N4OS/c1-8-13-14-11(17)15(8)12-7-9-3-5-10(16-2)6-4-9/h3-7H,1-2H3,(H,14,17). The van der Waals surface area contributed by atoms with Gasteiger partial charge >= 0.3 is 0 Å². The van der Waals surface area contributed by atoms with Crippen LogP contribution in [0, 0.1) is 11.7 Å². The van der Waals surface area contributed by atoms with Crippen molar-refractivity contribution >= 4 is 18.4 Å². The van der Waals surface area contributed by atoms with Crippen LogP contribution in [0.2, 0.25) is 0 Å². The first-order chi connectivity index (χ1) is 8.20. The predicted molar refractivity (Wildman–Crippen MR) is 68.1 cm³/mol. The van der Waals surface area contributed by atoms with Crippen molar-refractivity contribution in [2.45, 2.75) is 6.92 Å². The second-order valence-corrected chi connectivity index (χ2v) is 3.79. The van der Waals surface area contributed by atoms with Crippen molar-refractivity contribution in [3.63, 3.8) is 0 Å². The van der Waals surface area contributed by atoms with Crippen LogP contribution >= 0.6 is 12.2 Å². The zero-order valence-electron chi connectivity index (χ0n) is 9.54. The maximum Gasteiger partial charge on any atom is 0.216 e. The Bertz CT molecular complexity index is 582. The lowest BCUT2D eigenvalue weighted by Gasteiger charge is -1.99. The summed E-state index contributed by atoms with van der Waals surface area (Å²) in [5.74, 6) is 1.54. The highest BCUT2D eigenvalue weighted by Gasteiger charge is 1.97. The first-order valence-corrected chi connectivity index (χ1v) is 5.44. The summed E-state index contributed by atoms with van der Waals surface area (Å²) in [6.07, 6.45) is 1.72. The summed E-state index contributed by atoms with van der Waals surface area (Å²) in [5, 5.41) is 10.9. The Labute approximate surface area is 104 Å². The molecule has 5 nitrogen and oxygen atoms in total. The molecule has 0 aliphatic rings. The number of nitrogens with zero attached hydrogens (tertiary/aromatic N) is 3. The third-order valence-corrected chi connectivity index (χ3v) is 2.51. The molecule has 0 fully saturated rings. The number of nitrogens with one attached hydrogen (secondary N) is 1. The average molecular weight is 248 g/mol. The molecule has 1 aromatic heterocycles. The summed E-state index contributed by atoms with van der Waals surface area (Å²) in [4.78, 5) is 0. The van der Waals surface area contributed by atoms with E-state index in [1.165, 1.54) is 0 Å². The zero-order chi connectivity index (χ0) is 12.3. The maximum absolute atomic E-state index is 5.08. The molecule has 0 amide bonds. The van der Waals surface area contributed by atoms with Crippen LogP contribution in [0.1, 0.15) is 11.4 Å². The number of rotatable bonds is 3. The molecular formula is C11H12N4OS. The fourth-order valence-corrected chi connectivity index (χ4v) is 1.55. The van der Waals surface area contributed by atoms with E-state index in [9.17, 15) is 0 Å². The van der Waals surface area contributed by atoms with Gasteiger partial charge in [0.15, 0.2) is 0 Å². The highest BCUT2D eigenvalue weighted by molar-refractivity contribution is 7.71. The van der Waals surface area contributed by atoms with E-state index in [1.807, 2.05) is 31.2 Å². The highest BCUT2D eigenvalue weighted by Crippen LogP contribution is 2.09. The number of ether oxygens (including phenoxy) is 1. The summed E-state index contributed by atoms with van der Waals surface area (Å²) < 4.78 is 7.12. The molecule has 17 heavy (non-hydrogen) atoms. The van der Waals surface area contributed by atoms with Crippen molar-refractivity contribution in [2.24, 2.45) is 5.10 Å². The van der Waals surface area contributed by atoms with Gasteiger partial charge in [-0.1, -0.05) is 0 Å². The van der Waals surface area contributed by atoms with Gasteiger partial charge in [0, 0.05) is 0 Å². The lowest BCUT2D eigenvalue weighted by atomic mass is 10.2. The van der Waals surface area contributed by atoms with Crippen LogP contribution < -0.4 is 4.74 Å². The molecule has 1 aromatic carbocycles. The molecule has 0 spiro atoms. The molecule has 2 rings (SSSR count). The Morgan fingerprint density at radius 1 is 1.41 bits per heavy atom.